The van der Waals surface area contributed by atoms with Gasteiger partial charge in [-0.25, -0.2) is 0 Å². The summed E-state index contributed by atoms with van der Waals surface area (Å²) in [6, 6.07) is 7.47. The molecule has 122 valence electrons. The van der Waals surface area contributed by atoms with Crippen LogP contribution in [-0.2, 0) is 19.7 Å². The summed E-state index contributed by atoms with van der Waals surface area (Å²) in [6.07, 6.45) is 0. The highest BCUT2D eigenvalue weighted by Crippen LogP contribution is 2.22. The number of rotatable bonds is 6. The van der Waals surface area contributed by atoms with Gasteiger partial charge in [0.25, 0.3) is 5.91 Å². The number of carbonyl (C=O) groups is 2. The summed E-state index contributed by atoms with van der Waals surface area (Å²) in [5.74, 6) is -0.654. The van der Waals surface area contributed by atoms with Gasteiger partial charge in [0, 0.05) is 19.2 Å². The molecule has 0 unspecified atom stereocenters. The Labute approximate surface area is 132 Å². The van der Waals surface area contributed by atoms with E-state index in [1.54, 1.807) is 19.2 Å². The third kappa shape index (κ3) is 5.15. The molecule has 0 spiro atoms. The molecule has 5 heteroatoms. The standard InChI is InChI=1S/C17H25NO4/c1-17(2,3)14-8-6-13(7-9-14)16(20)18(10-11-21-4)12-15(19)22-5/h6-9H,10-12H2,1-5H3. The maximum absolute atomic E-state index is 12.5. The Morgan fingerprint density at radius 3 is 2.14 bits per heavy atom. The molecule has 5 nitrogen and oxygen atoms in total. The Bertz CT molecular complexity index is 502. The first-order valence-corrected chi connectivity index (χ1v) is 7.25. The van der Waals surface area contributed by atoms with Gasteiger partial charge in [0.1, 0.15) is 6.54 Å². The van der Waals surface area contributed by atoms with Crippen LogP contribution in [0.2, 0.25) is 0 Å². The number of nitrogens with zero attached hydrogens (tertiary/aromatic N) is 1. The van der Waals surface area contributed by atoms with Crippen LogP contribution in [0.15, 0.2) is 24.3 Å². The predicted molar refractivity (Wildman–Crippen MR) is 84.9 cm³/mol. The third-order valence-electron chi connectivity index (χ3n) is 3.40. The number of amides is 1. The number of hydrogen-bond acceptors (Lipinski definition) is 4. The van der Waals surface area contributed by atoms with Gasteiger partial charge >= 0.3 is 5.97 Å². The molecule has 0 radical (unpaired) electrons. The number of ether oxygens (including phenoxy) is 2. The molecule has 0 aromatic heterocycles. The molecule has 1 aromatic carbocycles. The summed E-state index contributed by atoms with van der Waals surface area (Å²) >= 11 is 0. The zero-order chi connectivity index (χ0) is 16.8. The minimum absolute atomic E-state index is 0.0311. The number of hydrogen-bond donors (Lipinski definition) is 0. The summed E-state index contributed by atoms with van der Waals surface area (Å²) < 4.78 is 9.63. The Morgan fingerprint density at radius 1 is 1.09 bits per heavy atom. The normalized spacial score (nSPS) is 11.1. The van der Waals surface area contributed by atoms with Gasteiger partial charge in [0.05, 0.1) is 13.7 Å². The number of benzene rings is 1. The molecule has 0 fully saturated rings. The van der Waals surface area contributed by atoms with Crippen molar-refractivity contribution < 1.29 is 19.1 Å². The molecule has 0 aliphatic heterocycles. The van der Waals surface area contributed by atoms with E-state index in [9.17, 15) is 9.59 Å². The Hall–Kier alpha value is -1.88. The van der Waals surface area contributed by atoms with Crippen LogP contribution in [0.3, 0.4) is 0 Å². The third-order valence-corrected chi connectivity index (χ3v) is 3.40. The van der Waals surface area contributed by atoms with Crippen molar-refractivity contribution in [3.8, 4) is 0 Å². The molecular formula is C17H25NO4. The highest BCUT2D eigenvalue weighted by atomic mass is 16.5. The first-order chi connectivity index (χ1) is 10.3. The second-order valence-corrected chi connectivity index (χ2v) is 6.12. The molecule has 0 atom stereocenters. The topological polar surface area (TPSA) is 55.8 Å². The summed E-state index contributed by atoms with van der Waals surface area (Å²) in [5, 5.41) is 0. The minimum Gasteiger partial charge on any atom is -0.468 e. The summed E-state index contributed by atoms with van der Waals surface area (Å²) in [7, 11) is 2.86. The summed E-state index contributed by atoms with van der Waals surface area (Å²) in [4.78, 5) is 25.4. The van der Waals surface area contributed by atoms with Crippen LogP contribution in [0.4, 0.5) is 0 Å². The molecule has 0 aliphatic rings. The first-order valence-electron chi connectivity index (χ1n) is 7.25. The van der Waals surface area contributed by atoms with Crippen LogP contribution in [0.5, 0.6) is 0 Å². The maximum atomic E-state index is 12.5. The fourth-order valence-corrected chi connectivity index (χ4v) is 1.97. The second-order valence-electron chi connectivity index (χ2n) is 6.12. The van der Waals surface area contributed by atoms with E-state index in [4.69, 9.17) is 4.74 Å². The van der Waals surface area contributed by atoms with Gasteiger partial charge in [-0.3, -0.25) is 9.59 Å². The lowest BCUT2D eigenvalue weighted by atomic mass is 9.86. The molecule has 1 aromatic rings. The van der Waals surface area contributed by atoms with Crippen molar-refractivity contribution in [2.75, 3.05) is 33.9 Å². The minimum atomic E-state index is -0.448. The van der Waals surface area contributed by atoms with E-state index < -0.39 is 5.97 Å². The lowest BCUT2D eigenvalue weighted by molar-refractivity contribution is -0.141. The van der Waals surface area contributed by atoms with E-state index in [2.05, 4.69) is 25.5 Å². The van der Waals surface area contributed by atoms with Crippen molar-refractivity contribution in [3.63, 3.8) is 0 Å². The van der Waals surface area contributed by atoms with Crippen molar-refractivity contribution in [2.45, 2.75) is 26.2 Å². The van der Waals surface area contributed by atoms with E-state index in [0.717, 1.165) is 5.56 Å². The Morgan fingerprint density at radius 2 is 1.68 bits per heavy atom. The average Bonchev–Trinajstić information content (AvgIpc) is 2.49. The van der Waals surface area contributed by atoms with Crippen molar-refractivity contribution in [1.82, 2.24) is 4.90 Å². The van der Waals surface area contributed by atoms with Gasteiger partial charge in [0.2, 0.25) is 0 Å². The van der Waals surface area contributed by atoms with E-state index in [1.807, 2.05) is 12.1 Å². The van der Waals surface area contributed by atoms with Crippen LogP contribution in [0, 0.1) is 0 Å². The number of esters is 1. The zero-order valence-corrected chi connectivity index (χ0v) is 14.0. The monoisotopic (exact) mass is 307 g/mol. The van der Waals surface area contributed by atoms with Crippen LogP contribution < -0.4 is 0 Å². The van der Waals surface area contributed by atoms with E-state index in [1.165, 1.54) is 12.0 Å². The van der Waals surface area contributed by atoms with Gasteiger partial charge < -0.3 is 14.4 Å². The van der Waals surface area contributed by atoms with Crippen LogP contribution in [0.1, 0.15) is 36.7 Å². The van der Waals surface area contributed by atoms with Gasteiger partial charge in [-0.15, -0.1) is 0 Å². The molecule has 0 N–H and O–H groups in total. The van der Waals surface area contributed by atoms with Crippen molar-refractivity contribution in [1.29, 1.82) is 0 Å². The molecule has 22 heavy (non-hydrogen) atoms. The molecule has 0 saturated heterocycles. The lowest BCUT2D eigenvalue weighted by Crippen LogP contribution is -2.38. The van der Waals surface area contributed by atoms with Gasteiger partial charge in [-0.1, -0.05) is 32.9 Å². The largest absolute Gasteiger partial charge is 0.468 e. The fourth-order valence-electron chi connectivity index (χ4n) is 1.97. The van der Waals surface area contributed by atoms with Crippen LogP contribution >= 0.6 is 0 Å². The predicted octanol–water partition coefficient (Wildman–Crippen LogP) is 2.25. The lowest BCUT2D eigenvalue weighted by Gasteiger charge is -2.22. The summed E-state index contributed by atoms with van der Waals surface area (Å²) in [6.45, 7) is 6.97. The quantitative estimate of drug-likeness (QED) is 0.756. The number of methoxy groups -OCH3 is 2. The molecule has 1 rings (SSSR count). The van der Waals surface area contributed by atoms with E-state index in [-0.39, 0.29) is 17.9 Å². The summed E-state index contributed by atoms with van der Waals surface area (Å²) in [5.41, 5.74) is 1.73. The number of carbonyl (C=O) groups excluding carboxylic acids is 2. The highest BCUT2D eigenvalue weighted by Gasteiger charge is 2.20. The maximum Gasteiger partial charge on any atom is 0.325 e. The van der Waals surface area contributed by atoms with Gasteiger partial charge in [-0.05, 0) is 23.1 Å². The molecular weight excluding hydrogens is 282 g/mol. The van der Waals surface area contributed by atoms with Crippen molar-refractivity contribution >= 4 is 11.9 Å². The molecule has 0 saturated carbocycles. The van der Waals surface area contributed by atoms with Crippen LogP contribution in [0.25, 0.3) is 0 Å². The first kappa shape index (κ1) is 18.2. The molecule has 0 heterocycles. The smallest absolute Gasteiger partial charge is 0.325 e. The average molecular weight is 307 g/mol. The van der Waals surface area contributed by atoms with Crippen molar-refractivity contribution in [3.05, 3.63) is 35.4 Å². The molecule has 0 aliphatic carbocycles. The fraction of sp³-hybridized carbons (Fsp3) is 0.529. The zero-order valence-electron chi connectivity index (χ0n) is 14.0. The molecule has 1 amide bonds. The molecule has 0 bridgehead atoms. The highest BCUT2D eigenvalue weighted by molar-refractivity contribution is 5.96. The van der Waals surface area contributed by atoms with Crippen molar-refractivity contribution in [2.24, 2.45) is 0 Å². The SMILES string of the molecule is COCCN(CC(=O)OC)C(=O)c1ccc(C(C)(C)C)cc1. The van der Waals surface area contributed by atoms with E-state index in [0.29, 0.717) is 18.7 Å². The van der Waals surface area contributed by atoms with Crippen LogP contribution in [-0.4, -0.2) is 50.7 Å². The second kappa shape index (κ2) is 7.94. The Balaban J connectivity index is 2.90. The van der Waals surface area contributed by atoms with Gasteiger partial charge in [0.15, 0.2) is 0 Å². The van der Waals surface area contributed by atoms with E-state index >= 15 is 0 Å². The Kier molecular flexibility index (Phi) is 6.56. The van der Waals surface area contributed by atoms with Gasteiger partial charge in [-0.2, -0.15) is 0 Å².